The summed E-state index contributed by atoms with van der Waals surface area (Å²) in [5, 5.41) is 3.41. The van der Waals surface area contributed by atoms with Crippen molar-refractivity contribution in [3.63, 3.8) is 0 Å². The summed E-state index contributed by atoms with van der Waals surface area (Å²) in [4.78, 5) is 2.46. The summed E-state index contributed by atoms with van der Waals surface area (Å²) in [5.74, 6) is 2.56. The zero-order valence-electron chi connectivity index (χ0n) is 11.5. The molecule has 2 heterocycles. The first-order chi connectivity index (χ1) is 9.36. The van der Waals surface area contributed by atoms with Crippen molar-refractivity contribution in [2.75, 3.05) is 37.9 Å². The predicted molar refractivity (Wildman–Crippen MR) is 76.0 cm³/mol. The summed E-state index contributed by atoms with van der Waals surface area (Å²) in [6.07, 6.45) is 2.56. The van der Waals surface area contributed by atoms with Gasteiger partial charge in [-0.25, -0.2) is 0 Å². The van der Waals surface area contributed by atoms with E-state index in [1.165, 1.54) is 18.5 Å². The number of fused-ring (bicyclic) bond motifs is 1. The minimum Gasteiger partial charge on any atom is -0.454 e. The van der Waals surface area contributed by atoms with E-state index in [0.717, 1.165) is 43.6 Å². The van der Waals surface area contributed by atoms with Crippen LogP contribution in [0.25, 0.3) is 0 Å². The van der Waals surface area contributed by atoms with Crippen molar-refractivity contribution in [3.05, 3.63) is 18.2 Å². The molecule has 2 aliphatic heterocycles. The van der Waals surface area contributed by atoms with E-state index < -0.39 is 0 Å². The van der Waals surface area contributed by atoms with E-state index in [2.05, 4.69) is 29.3 Å². The highest BCUT2D eigenvalue weighted by molar-refractivity contribution is 5.57. The van der Waals surface area contributed by atoms with Gasteiger partial charge in [-0.2, -0.15) is 0 Å². The normalized spacial score (nSPS) is 21.1. The summed E-state index contributed by atoms with van der Waals surface area (Å²) in [6.45, 7) is 7.02. The van der Waals surface area contributed by atoms with Gasteiger partial charge < -0.3 is 19.7 Å². The molecular formula is C15H22N2O2. The average molecular weight is 262 g/mol. The summed E-state index contributed by atoms with van der Waals surface area (Å²) < 4.78 is 10.8. The monoisotopic (exact) mass is 262 g/mol. The average Bonchev–Trinajstić information content (AvgIpc) is 3.06. The van der Waals surface area contributed by atoms with E-state index in [1.54, 1.807) is 0 Å². The van der Waals surface area contributed by atoms with Gasteiger partial charge in [-0.3, -0.25) is 0 Å². The van der Waals surface area contributed by atoms with Gasteiger partial charge in [-0.05, 0) is 44.0 Å². The summed E-state index contributed by atoms with van der Waals surface area (Å²) in [7, 11) is 0. The molecule has 0 radical (unpaired) electrons. The van der Waals surface area contributed by atoms with Gasteiger partial charge in [0.15, 0.2) is 11.5 Å². The molecule has 1 saturated heterocycles. The SMILES string of the molecule is CCNCCC1CCN(c2ccc3c(c2)OCO3)C1. The Morgan fingerprint density at radius 2 is 2.21 bits per heavy atom. The van der Waals surface area contributed by atoms with Gasteiger partial charge >= 0.3 is 0 Å². The fourth-order valence-corrected chi connectivity index (χ4v) is 2.87. The van der Waals surface area contributed by atoms with Gasteiger partial charge in [-0.15, -0.1) is 0 Å². The molecule has 104 valence electrons. The number of benzene rings is 1. The number of ether oxygens (including phenoxy) is 2. The lowest BCUT2D eigenvalue weighted by Gasteiger charge is -2.19. The Hall–Kier alpha value is -1.42. The summed E-state index contributed by atoms with van der Waals surface area (Å²) in [5.41, 5.74) is 1.26. The fourth-order valence-electron chi connectivity index (χ4n) is 2.87. The van der Waals surface area contributed by atoms with Crippen LogP contribution < -0.4 is 19.7 Å². The van der Waals surface area contributed by atoms with Crippen molar-refractivity contribution < 1.29 is 9.47 Å². The van der Waals surface area contributed by atoms with Crippen LogP contribution in [-0.4, -0.2) is 33.0 Å². The van der Waals surface area contributed by atoms with Crippen molar-refractivity contribution in [1.29, 1.82) is 0 Å². The third-order valence-electron chi connectivity index (χ3n) is 3.99. The molecule has 1 N–H and O–H groups in total. The van der Waals surface area contributed by atoms with Crippen molar-refractivity contribution in [2.24, 2.45) is 5.92 Å². The van der Waals surface area contributed by atoms with Crippen LogP contribution in [0, 0.1) is 5.92 Å². The molecule has 4 heteroatoms. The first-order valence-corrected chi connectivity index (χ1v) is 7.22. The lowest BCUT2D eigenvalue weighted by Crippen LogP contribution is -2.22. The van der Waals surface area contributed by atoms with E-state index in [1.807, 2.05) is 6.07 Å². The summed E-state index contributed by atoms with van der Waals surface area (Å²) >= 11 is 0. The maximum absolute atomic E-state index is 5.45. The molecule has 4 nitrogen and oxygen atoms in total. The topological polar surface area (TPSA) is 33.7 Å². The molecule has 19 heavy (non-hydrogen) atoms. The lowest BCUT2D eigenvalue weighted by atomic mass is 10.1. The Balaban J connectivity index is 1.58. The lowest BCUT2D eigenvalue weighted by molar-refractivity contribution is 0.174. The predicted octanol–water partition coefficient (Wildman–Crippen LogP) is 2.24. The minimum atomic E-state index is 0.351. The zero-order valence-corrected chi connectivity index (χ0v) is 11.5. The van der Waals surface area contributed by atoms with E-state index in [4.69, 9.17) is 9.47 Å². The van der Waals surface area contributed by atoms with Crippen molar-refractivity contribution >= 4 is 5.69 Å². The molecule has 0 amide bonds. The molecule has 1 unspecified atom stereocenters. The molecule has 1 aromatic carbocycles. The number of rotatable bonds is 5. The molecule has 3 rings (SSSR count). The van der Waals surface area contributed by atoms with Gasteiger partial charge in [-0.1, -0.05) is 6.92 Å². The minimum absolute atomic E-state index is 0.351. The number of hydrogen-bond acceptors (Lipinski definition) is 4. The van der Waals surface area contributed by atoms with Crippen LogP contribution in [0.5, 0.6) is 11.5 Å². The first kappa shape index (κ1) is 12.6. The van der Waals surface area contributed by atoms with Crippen LogP contribution in [0.4, 0.5) is 5.69 Å². The zero-order chi connectivity index (χ0) is 13.1. The largest absolute Gasteiger partial charge is 0.454 e. The Kier molecular flexibility index (Phi) is 3.78. The third-order valence-corrected chi connectivity index (χ3v) is 3.99. The molecule has 1 aromatic rings. The van der Waals surface area contributed by atoms with Crippen molar-refractivity contribution in [1.82, 2.24) is 5.32 Å². The highest BCUT2D eigenvalue weighted by atomic mass is 16.7. The quantitative estimate of drug-likeness (QED) is 0.825. The third kappa shape index (κ3) is 2.78. The Labute approximate surface area is 114 Å². The first-order valence-electron chi connectivity index (χ1n) is 7.22. The number of hydrogen-bond donors (Lipinski definition) is 1. The molecule has 0 saturated carbocycles. The van der Waals surface area contributed by atoms with Gasteiger partial charge in [0.1, 0.15) is 0 Å². The van der Waals surface area contributed by atoms with Crippen LogP contribution in [0.15, 0.2) is 18.2 Å². The molecule has 2 aliphatic rings. The second-order valence-electron chi connectivity index (χ2n) is 5.28. The fraction of sp³-hybridized carbons (Fsp3) is 0.600. The van der Waals surface area contributed by atoms with Crippen LogP contribution in [0.2, 0.25) is 0 Å². The van der Waals surface area contributed by atoms with E-state index in [0.29, 0.717) is 6.79 Å². The summed E-state index contributed by atoms with van der Waals surface area (Å²) in [6, 6.07) is 6.26. The highest BCUT2D eigenvalue weighted by Gasteiger charge is 2.23. The Morgan fingerprint density at radius 3 is 3.11 bits per heavy atom. The molecular weight excluding hydrogens is 240 g/mol. The smallest absolute Gasteiger partial charge is 0.231 e. The second kappa shape index (κ2) is 5.70. The number of nitrogens with one attached hydrogen (secondary N) is 1. The van der Waals surface area contributed by atoms with E-state index in [9.17, 15) is 0 Å². The molecule has 1 fully saturated rings. The second-order valence-corrected chi connectivity index (χ2v) is 5.28. The molecule has 0 spiro atoms. The Bertz CT molecular complexity index is 436. The van der Waals surface area contributed by atoms with Crippen LogP contribution in [0.3, 0.4) is 0 Å². The Morgan fingerprint density at radius 1 is 1.32 bits per heavy atom. The maximum atomic E-state index is 5.45. The van der Waals surface area contributed by atoms with Crippen LogP contribution in [-0.2, 0) is 0 Å². The van der Waals surface area contributed by atoms with Crippen LogP contribution >= 0.6 is 0 Å². The van der Waals surface area contributed by atoms with Crippen LogP contribution in [0.1, 0.15) is 19.8 Å². The van der Waals surface area contributed by atoms with Crippen molar-refractivity contribution in [2.45, 2.75) is 19.8 Å². The molecule has 0 aromatic heterocycles. The highest BCUT2D eigenvalue weighted by Crippen LogP contribution is 2.37. The number of nitrogens with zero attached hydrogens (tertiary/aromatic N) is 1. The number of anilines is 1. The van der Waals surface area contributed by atoms with Gasteiger partial charge in [0.05, 0.1) is 0 Å². The van der Waals surface area contributed by atoms with Gasteiger partial charge in [0.2, 0.25) is 6.79 Å². The van der Waals surface area contributed by atoms with E-state index >= 15 is 0 Å². The standard InChI is InChI=1S/C15H22N2O2/c1-2-16-7-5-12-6-8-17(10-12)13-3-4-14-15(9-13)19-11-18-14/h3-4,9,12,16H,2,5-8,10-11H2,1H3. The van der Waals surface area contributed by atoms with Gasteiger partial charge in [0.25, 0.3) is 0 Å². The van der Waals surface area contributed by atoms with E-state index in [-0.39, 0.29) is 0 Å². The maximum Gasteiger partial charge on any atom is 0.231 e. The van der Waals surface area contributed by atoms with Crippen molar-refractivity contribution in [3.8, 4) is 11.5 Å². The molecule has 1 atom stereocenters. The molecule has 0 aliphatic carbocycles. The molecule has 0 bridgehead atoms. The van der Waals surface area contributed by atoms with Gasteiger partial charge in [0, 0.05) is 24.8 Å².